The first kappa shape index (κ1) is 13.4. The van der Waals surface area contributed by atoms with Gasteiger partial charge in [0.1, 0.15) is 0 Å². The van der Waals surface area contributed by atoms with E-state index in [1.54, 1.807) is 11.3 Å². The zero-order valence-corrected chi connectivity index (χ0v) is 10.3. The lowest BCUT2D eigenvalue weighted by Crippen LogP contribution is -2.37. The monoisotopic (exact) mass is 257 g/mol. The molecule has 0 aliphatic carbocycles. The maximum absolute atomic E-state index is 11.2. The van der Waals surface area contributed by atoms with Gasteiger partial charge >= 0.3 is 12.0 Å². The van der Waals surface area contributed by atoms with Crippen LogP contribution in [0, 0.1) is 6.92 Å². The number of carbonyl (C=O) groups is 2. The normalized spacial score (nSPS) is 9.94. The van der Waals surface area contributed by atoms with Crippen molar-refractivity contribution in [1.29, 1.82) is 0 Å². The lowest BCUT2D eigenvalue weighted by molar-refractivity contribution is -0.136. The number of amides is 2. The van der Waals surface area contributed by atoms with Crippen LogP contribution in [-0.4, -0.2) is 35.2 Å². The van der Waals surface area contributed by atoms with Gasteiger partial charge in [-0.2, -0.15) is 0 Å². The molecule has 0 bridgehead atoms. The van der Waals surface area contributed by atoms with Gasteiger partial charge in [-0.25, -0.2) is 9.78 Å². The first-order valence-corrected chi connectivity index (χ1v) is 6.10. The SMILES string of the molecule is Cc1nc(CCNC(=O)NCCC(=O)O)cs1. The third-order valence-corrected chi connectivity index (χ3v) is 2.78. The molecule has 0 radical (unpaired) electrons. The molecule has 0 fully saturated rings. The highest BCUT2D eigenvalue weighted by Crippen LogP contribution is 2.07. The Hall–Kier alpha value is -1.63. The van der Waals surface area contributed by atoms with E-state index in [9.17, 15) is 9.59 Å². The molecule has 7 heteroatoms. The number of thiazole rings is 1. The van der Waals surface area contributed by atoms with Gasteiger partial charge < -0.3 is 15.7 Å². The Morgan fingerprint density at radius 1 is 1.41 bits per heavy atom. The number of rotatable bonds is 6. The van der Waals surface area contributed by atoms with Crippen LogP contribution >= 0.6 is 11.3 Å². The van der Waals surface area contributed by atoms with Crippen LogP contribution in [-0.2, 0) is 11.2 Å². The molecule has 0 spiro atoms. The Kier molecular flexibility index (Phi) is 5.41. The fraction of sp³-hybridized carbons (Fsp3) is 0.500. The van der Waals surface area contributed by atoms with Crippen LogP contribution in [0.1, 0.15) is 17.1 Å². The molecule has 0 aliphatic heterocycles. The summed E-state index contributed by atoms with van der Waals surface area (Å²) in [6, 6.07) is -0.349. The van der Waals surface area contributed by atoms with Crippen LogP contribution in [0.4, 0.5) is 4.79 Å². The molecule has 2 amide bonds. The van der Waals surface area contributed by atoms with E-state index < -0.39 is 5.97 Å². The van der Waals surface area contributed by atoms with Crippen LogP contribution in [0.5, 0.6) is 0 Å². The van der Waals surface area contributed by atoms with Crippen molar-refractivity contribution in [3.8, 4) is 0 Å². The Morgan fingerprint density at radius 2 is 2.12 bits per heavy atom. The van der Waals surface area contributed by atoms with E-state index in [0.717, 1.165) is 10.7 Å². The predicted molar refractivity (Wildman–Crippen MR) is 64.2 cm³/mol. The van der Waals surface area contributed by atoms with E-state index in [4.69, 9.17) is 5.11 Å². The molecule has 17 heavy (non-hydrogen) atoms. The summed E-state index contributed by atoms with van der Waals surface area (Å²) in [5, 5.41) is 16.4. The number of carboxylic acid groups (broad SMARTS) is 1. The Bertz CT molecular complexity index is 392. The topological polar surface area (TPSA) is 91.3 Å². The van der Waals surface area contributed by atoms with Gasteiger partial charge in [-0.1, -0.05) is 0 Å². The van der Waals surface area contributed by atoms with Gasteiger partial charge in [0.05, 0.1) is 17.1 Å². The zero-order chi connectivity index (χ0) is 12.7. The summed E-state index contributed by atoms with van der Waals surface area (Å²) >= 11 is 1.58. The number of nitrogens with one attached hydrogen (secondary N) is 2. The van der Waals surface area contributed by atoms with Gasteiger partial charge in [-0.05, 0) is 6.92 Å². The molecule has 1 aromatic rings. The number of aryl methyl sites for hydroxylation is 1. The highest BCUT2D eigenvalue weighted by atomic mass is 32.1. The molecule has 0 saturated carbocycles. The number of aromatic nitrogens is 1. The summed E-state index contributed by atoms with van der Waals surface area (Å²) < 4.78 is 0. The van der Waals surface area contributed by atoms with E-state index in [2.05, 4.69) is 15.6 Å². The molecule has 3 N–H and O–H groups in total. The minimum absolute atomic E-state index is 0.0707. The maximum Gasteiger partial charge on any atom is 0.314 e. The highest BCUT2D eigenvalue weighted by molar-refractivity contribution is 7.09. The fourth-order valence-corrected chi connectivity index (χ4v) is 1.82. The van der Waals surface area contributed by atoms with Crippen LogP contribution in [0.15, 0.2) is 5.38 Å². The Labute approximate surface area is 103 Å². The molecule has 6 nitrogen and oxygen atoms in total. The van der Waals surface area contributed by atoms with Crippen molar-refractivity contribution in [1.82, 2.24) is 15.6 Å². The Morgan fingerprint density at radius 3 is 2.71 bits per heavy atom. The average Bonchev–Trinajstić information content (AvgIpc) is 2.63. The molecule has 0 aliphatic rings. The average molecular weight is 257 g/mol. The van der Waals surface area contributed by atoms with E-state index >= 15 is 0 Å². The summed E-state index contributed by atoms with van der Waals surface area (Å²) in [6.07, 6.45) is 0.607. The number of aliphatic carboxylic acids is 1. The van der Waals surface area contributed by atoms with Gasteiger partial charge in [-0.15, -0.1) is 11.3 Å². The second-order valence-electron chi connectivity index (χ2n) is 3.43. The van der Waals surface area contributed by atoms with Gasteiger partial charge in [-0.3, -0.25) is 4.79 Å². The molecule has 0 aromatic carbocycles. The molecule has 1 aromatic heterocycles. The predicted octanol–water partition coefficient (Wildman–Crippen LogP) is 0.768. The van der Waals surface area contributed by atoms with Crippen LogP contribution in [0.2, 0.25) is 0 Å². The van der Waals surface area contributed by atoms with Crippen molar-refractivity contribution >= 4 is 23.3 Å². The van der Waals surface area contributed by atoms with Crippen molar-refractivity contribution in [3.05, 3.63) is 16.1 Å². The molecule has 1 rings (SSSR count). The second kappa shape index (κ2) is 6.85. The molecular weight excluding hydrogens is 242 g/mol. The van der Waals surface area contributed by atoms with Gasteiger partial charge in [0.2, 0.25) is 0 Å². The highest BCUT2D eigenvalue weighted by Gasteiger charge is 2.02. The van der Waals surface area contributed by atoms with Crippen LogP contribution in [0.3, 0.4) is 0 Å². The minimum atomic E-state index is -0.928. The largest absolute Gasteiger partial charge is 0.481 e. The number of carbonyl (C=O) groups excluding carboxylic acids is 1. The molecule has 0 atom stereocenters. The van der Waals surface area contributed by atoms with Crippen LogP contribution in [0.25, 0.3) is 0 Å². The number of hydrogen-bond acceptors (Lipinski definition) is 4. The van der Waals surface area contributed by atoms with Crippen molar-refractivity contribution in [3.63, 3.8) is 0 Å². The van der Waals surface area contributed by atoms with Crippen molar-refractivity contribution in [2.75, 3.05) is 13.1 Å². The summed E-state index contributed by atoms with van der Waals surface area (Å²) in [4.78, 5) is 25.7. The number of urea groups is 1. The fourth-order valence-electron chi connectivity index (χ4n) is 1.17. The van der Waals surface area contributed by atoms with E-state index in [0.29, 0.717) is 13.0 Å². The van der Waals surface area contributed by atoms with Gasteiger partial charge in [0.15, 0.2) is 0 Å². The number of nitrogens with zero attached hydrogens (tertiary/aromatic N) is 1. The third kappa shape index (κ3) is 5.86. The van der Waals surface area contributed by atoms with E-state index in [-0.39, 0.29) is 19.0 Å². The standard InChI is InChI=1S/C10H15N3O3S/c1-7-13-8(6-17-7)2-4-11-10(16)12-5-3-9(14)15/h6H,2-5H2,1H3,(H,14,15)(H2,11,12,16). The molecule has 1 heterocycles. The summed E-state index contributed by atoms with van der Waals surface area (Å²) in [5.74, 6) is -0.928. The first-order chi connectivity index (χ1) is 8.08. The third-order valence-electron chi connectivity index (χ3n) is 1.96. The lowest BCUT2D eigenvalue weighted by atomic mass is 10.3. The lowest BCUT2D eigenvalue weighted by Gasteiger charge is -2.05. The minimum Gasteiger partial charge on any atom is -0.481 e. The summed E-state index contributed by atoms with van der Waals surface area (Å²) in [7, 11) is 0. The second-order valence-corrected chi connectivity index (χ2v) is 4.50. The van der Waals surface area contributed by atoms with Crippen LogP contribution < -0.4 is 10.6 Å². The number of carboxylic acids is 1. The Balaban J connectivity index is 2.10. The van der Waals surface area contributed by atoms with Crippen molar-refractivity contribution in [2.24, 2.45) is 0 Å². The van der Waals surface area contributed by atoms with Crippen molar-refractivity contribution < 1.29 is 14.7 Å². The summed E-state index contributed by atoms with van der Waals surface area (Å²) in [5.41, 5.74) is 0.957. The van der Waals surface area contributed by atoms with E-state index in [1.807, 2.05) is 12.3 Å². The molecule has 94 valence electrons. The van der Waals surface area contributed by atoms with E-state index in [1.165, 1.54) is 0 Å². The molecule has 0 unspecified atom stereocenters. The summed E-state index contributed by atoms with van der Waals surface area (Å²) in [6.45, 7) is 2.55. The van der Waals surface area contributed by atoms with Crippen molar-refractivity contribution in [2.45, 2.75) is 19.8 Å². The first-order valence-electron chi connectivity index (χ1n) is 5.22. The maximum atomic E-state index is 11.2. The number of hydrogen-bond donors (Lipinski definition) is 3. The smallest absolute Gasteiger partial charge is 0.314 e. The van der Waals surface area contributed by atoms with Gasteiger partial charge in [0, 0.05) is 24.9 Å². The van der Waals surface area contributed by atoms with Gasteiger partial charge in [0.25, 0.3) is 0 Å². The quantitative estimate of drug-likeness (QED) is 0.702. The zero-order valence-electron chi connectivity index (χ0n) is 9.52. The molecular formula is C10H15N3O3S. The molecule has 0 saturated heterocycles.